The molecule has 2 rings (SSSR count). The third-order valence-corrected chi connectivity index (χ3v) is 6.86. The molecule has 0 bridgehead atoms. The number of nitrogens with two attached hydrogens (primary N) is 2. The Balaban J connectivity index is 1.95. The highest BCUT2D eigenvalue weighted by Gasteiger charge is 2.31. The molecule has 1 heterocycles. The van der Waals surface area contributed by atoms with E-state index < -0.39 is 33.9 Å². The van der Waals surface area contributed by atoms with Crippen LogP contribution >= 0.6 is 0 Å². The van der Waals surface area contributed by atoms with Crippen molar-refractivity contribution < 1.29 is 22.8 Å². The number of sulfonamides is 1. The Kier molecular flexibility index (Phi) is 10.5. The van der Waals surface area contributed by atoms with Crippen LogP contribution in [-0.2, 0) is 30.2 Å². The summed E-state index contributed by atoms with van der Waals surface area (Å²) in [6, 6.07) is 5.49. The van der Waals surface area contributed by atoms with E-state index in [-0.39, 0.29) is 18.3 Å². The molecule has 12 heteroatoms. The van der Waals surface area contributed by atoms with Gasteiger partial charge in [-0.3, -0.25) is 14.6 Å². The molecule has 0 radical (unpaired) electrons. The van der Waals surface area contributed by atoms with E-state index >= 15 is 0 Å². The maximum absolute atomic E-state index is 13.0. The molecule has 0 saturated carbocycles. The Bertz CT molecular complexity index is 993. The van der Waals surface area contributed by atoms with Crippen molar-refractivity contribution in [2.75, 3.05) is 19.6 Å². The number of hydrogen-bond acceptors (Lipinski definition) is 6. The van der Waals surface area contributed by atoms with Crippen LogP contribution in [-0.4, -0.2) is 69.1 Å². The normalized spacial score (nSPS) is 17.5. The Labute approximate surface area is 200 Å². The second-order valence-corrected chi connectivity index (χ2v) is 10.1. The van der Waals surface area contributed by atoms with Crippen molar-refractivity contribution >= 4 is 34.1 Å². The van der Waals surface area contributed by atoms with Gasteiger partial charge in [0.15, 0.2) is 5.96 Å². The third-order valence-electron chi connectivity index (χ3n) is 5.52. The molecule has 6 N–H and O–H groups in total. The van der Waals surface area contributed by atoms with Gasteiger partial charge in [-0.1, -0.05) is 24.3 Å². The Morgan fingerprint density at radius 2 is 2.03 bits per heavy atom. The van der Waals surface area contributed by atoms with Gasteiger partial charge < -0.3 is 26.5 Å². The Morgan fingerprint density at radius 1 is 1.29 bits per heavy atom. The van der Waals surface area contributed by atoms with Crippen LogP contribution in [0.1, 0.15) is 43.2 Å². The van der Waals surface area contributed by atoms with Gasteiger partial charge in [-0.15, -0.1) is 0 Å². The summed E-state index contributed by atoms with van der Waals surface area (Å²) in [6.45, 7) is 2.23. The van der Waals surface area contributed by atoms with E-state index in [9.17, 15) is 22.8 Å². The van der Waals surface area contributed by atoms with Gasteiger partial charge in [-0.2, -0.15) is 0 Å². The molecule has 11 nitrogen and oxygen atoms in total. The van der Waals surface area contributed by atoms with Crippen LogP contribution in [0, 0.1) is 6.92 Å². The van der Waals surface area contributed by atoms with Gasteiger partial charge in [0.25, 0.3) is 0 Å². The number of aliphatic imine (C=N–C) groups is 1. The minimum absolute atomic E-state index is 0.0459. The molecule has 0 spiro atoms. The second kappa shape index (κ2) is 13.0. The van der Waals surface area contributed by atoms with Crippen LogP contribution in [0.4, 0.5) is 0 Å². The van der Waals surface area contributed by atoms with Crippen LogP contribution in [0.3, 0.4) is 0 Å². The molecule has 1 saturated heterocycles. The number of nitrogens with zero attached hydrogens (tertiary/aromatic N) is 2. The molecule has 2 amide bonds. The zero-order valence-electron chi connectivity index (χ0n) is 19.4. The largest absolute Gasteiger partial charge is 0.370 e. The Morgan fingerprint density at radius 3 is 2.71 bits per heavy atom. The number of carbonyl (C=O) groups excluding carboxylic acids is 3. The zero-order valence-corrected chi connectivity index (χ0v) is 20.2. The first-order valence-electron chi connectivity index (χ1n) is 11.2. The van der Waals surface area contributed by atoms with Crippen molar-refractivity contribution in [1.29, 1.82) is 0 Å². The standard InChI is InChI=1S/C22H34N6O5S/c1-16-7-2-3-8-17(16)15-34(32,33)27-19-10-4-5-12-28(21(19)31)13-20(30)26-18(14-29)9-6-11-25-22(23)24/h2-3,7-8,14,18-19,27H,4-6,9-13,15H2,1H3,(H,26,30)(H4,23,24,25). The number of hydrogen-bond donors (Lipinski definition) is 4. The quantitative estimate of drug-likeness (QED) is 0.131. The predicted octanol–water partition coefficient (Wildman–Crippen LogP) is -0.467. The molecule has 1 fully saturated rings. The number of carbonyl (C=O) groups is 3. The SMILES string of the molecule is Cc1ccccc1CS(=O)(=O)NC1CCCCN(CC(=O)NC(C=O)CCCN=C(N)N)C1=O. The van der Waals surface area contributed by atoms with Crippen molar-refractivity contribution in [3.05, 3.63) is 35.4 Å². The van der Waals surface area contributed by atoms with Gasteiger partial charge in [-0.05, 0) is 50.2 Å². The minimum atomic E-state index is -3.77. The smallest absolute Gasteiger partial charge is 0.241 e. The van der Waals surface area contributed by atoms with E-state index in [2.05, 4.69) is 15.0 Å². The van der Waals surface area contributed by atoms with Crippen LogP contribution in [0.15, 0.2) is 29.3 Å². The molecule has 2 unspecified atom stereocenters. The number of nitrogens with one attached hydrogen (secondary N) is 2. The number of amides is 2. The van der Waals surface area contributed by atoms with E-state index in [1.54, 1.807) is 12.1 Å². The molecule has 0 aromatic heterocycles. The summed E-state index contributed by atoms with van der Waals surface area (Å²) in [5, 5.41) is 2.59. The summed E-state index contributed by atoms with van der Waals surface area (Å²) < 4.78 is 28.0. The number of rotatable bonds is 12. The maximum Gasteiger partial charge on any atom is 0.241 e. The topological polar surface area (TPSA) is 177 Å². The van der Waals surface area contributed by atoms with Crippen molar-refractivity contribution in [2.45, 2.75) is 56.9 Å². The predicted molar refractivity (Wildman–Crippen MR) is 129 cm³/mol. The van der Waals surface area contributed by atoms with Gasteiger partial charge in [0.05, 0.1) is 18.3 Å². The summed E-state index contributed by atoms with van der Waals surface area (Å²) >= 11 is 0. The number of guanidine groups is 1. The van der Waals surface area contributed by atoms with E-state index in [0.29, 0.717) is 57.0 Å². The number of likely N-dealkylation sites (tertiary alicyclic amines) is 1. The maximum atomic E-state index is 13.0. The fraction of sp³-hybridized carbons (Fsp3) is 0.545. The lowest BCUT2D eigenvalue weighted by molar-refractivity contribution is -0.137. The molecule has 34 heavy (non-hydrogen) atoms. The fourth-order valence-electron chi connectivity index (χ4n) is 3.73. The van der Waals surface area contributed by atoms with Crippen molar-refractivity contribution in [3.63, 3.8) is 0 Å². The van der Waals surface area contributed by atoms with Crippen molar-refractivity contribution in [3.8, 4) is 0 Å². The number of benzene rings is 1. The molecule has 1 aliphatic heterocycles. The van der Waals surface area contributed by atoms with E-state index in [4.69, 9.17) is 11.5 Å². The lowest BCUT2D eigenvalue weighted by Crippen LogP contribution is -2.51. The average Bonchev–Trinajstić information content (AvgIpc) is 2.93. The zero-order chi connectivity index (χ0) is 25.1. The van der Waals surface area contributed by atoms with Crippen LogP contribution in [0.5, 0.6) is 0 Å². The summed E-state index contributed by atoms with van der Waals surface area (Å²) in [4.78, 5) is 42.0. The highest BCUT2D eigenvalue weighted by atomic mass is 32.2. The van der Waals surface area contributed by atoms with Crippen LogP contribution in [0.2, 0.25) is 0 Å². The summed E-state index contributed by atoms with van der Waals surface area (Å²) in [6.07, 6.45) is 3.11. The first-order valence-corrected chi connectivity index (χ1v) is 12.9. The summed E-state index contributed by atoms with van der Waals surface area (Å²) in [7, 11) is -3.77. The van der Waals surface area contributed by atoms with Crippen molar-refractivity contribution in [1.82, 2.24) is 14.9 Å². The van der Waals surface area contributed by atoms with Gasteiger partial charge in [0.1, 0.15) is 12.3 Å². The van der Waals surface area contributed by atoms with Gasteiger partial charge in [0.2, 0.25) is 21.8 Å². The van der Waals surface area contributed by atoms with E-state index in [0.717, 1.165) is 5.56 Å². The molecule has 188 valence electrons. The molecule has 0 aliphatic carbocycles. The van der Waals surface area contributed by atoms with Crippen LogP contribution < -0.4 is 21.5 Å². The fourth-order valence-corrected chi connectivity index (χ4v) is 5.19. The van der Waals surface area contributed by atoms with Crippen LogP contribution in [0.25, 0.3) is 0 Å². The molecule has 1 aromatic carbocycles. The van der Waals surface area contributed by atoms with E-state index in [1.165, 1.54) is 4.90 Å². The molecule has 1 aliphatic rings. The third kappa shape index (κ3) is 9.10. The summed E-state index contributed by atoms with van der Waals surface area (Å²) in [5.41, 5.74) is 12.0. The lowest BCUT2D eigenvalue weighted by atomic mass is 10.1. The van der Waals surface area contributed by atoms with E-state index in [1.807, 2.05) is 19.1 Å². The first-order chi connectivity index (χ1) is 16.1. The lowest BCUT2D eigenvalue weighted by Gasteiger charge is -2.25. The van der Waals surface area contributed by atoms with Gasteiger partial charge in [0, 0.05) is 13.1 Å². The van der Waals surface area contributed by atoms with Gasteiger partial charge >= 0.3 is 0 Å². The number of aldehydes is 1. The second-order valence-electron chi connectivity index (χ2n) is 8.37. The molecule has 1 aromatic rings. The Hall–Kier alpha value is -2.99. The first kappa shape index (κ1) is 27.3. The monoisotopic (exact) mass is 494 g/mol. The highest BCUT2D eigenvalue weighted by Crippen LogP contribution is 2.16. The number of aryl methyl sites for hydroxylation is 1. The summed E-state index contributed by atoms with van der Waals surface area (Å²) in [5.74, 6) is -1.22. The van der Waals surface area contributed by atoms with Crippen molar-refractivity contribution in [2.24, 2.45) is 16.5 Å². The minimum Gasteiger partial charge on any atom is -0.370 e. The average molecular weight is 495 g/mol. The van der Waals surface area contributed by atoms with Gasteiger partial charge in [-0.25, -0.2) is 13.1 Å². The highest BCUT2D eigenvalue weighted by molar-refractivity contribution is 7.88. The molecular formula is C22H34N6O5S. The molecule has 2 atom stereocenters. The molecular weight excluding hydrogens is 460 g/mol.